The zero-order chi connectivity index (χ0) is 14.3. The average Bonchev–Trinajstić information content (AvgIpc) is 2.80. The molecule has 20 heavy (non-hydrogen) atoms. The molecule has 0 bridgehead atoms. The lowest BCUT2D eigenvalue weighted by molar-refractivity contribution is 0.581. The van der Waals surface area contributed by atoms with Crippen molar-refractivity contribution in [1.29, 1.82) is 0 Å². The number of nitrogens with zero attached hydrogens (tertiary/aromatic N) is 1. The summed E-state index contributed by atoms with van der Waals surface area (Å²) in [4.78, 5) is 4.43. The lowest BCUT2D eigenvalue weighted by Crippen LogP contribution is -1.94. The van der Waals surface area contributed by atoms with E-state index in [0.29, 0.717) is 5.13 Å². The molecule has 0 fully saturated rings. The Morgan fingerprint density at radius 3 is 2.75 bits per heavy atom. The summed E-state index contributed by atoms with van der Waals surface area (Å²) in [5.74, 6) is -1.28. The zero-order valence-electron chi connectivity index (χ0n) is 10.4. The SMILES string of the molecule is Cc1cccc2sc(Nc3cc(Br)c(F)cc3F)nc12. The topological polar surface area (TPSA) is 24.9 Å². The molecule has 0 saturated carbocycles. The van der Waals surface area contributed by atoms with Crippen LogP contribution in [0.2, 0.25) is 0 Å². The maximum atomic E-state index is 13.7. The van der Waals surface area contributed by atoms with Crippen LogP contribution in [0.3, 0.4) is 0 Å². The molecule has 2 aromatic carbocycles. The van der Waals surface area contributed by atoms with E-state index in [1.54, 1.807) is 0 Å². The summed E-state index contributed by atoms with van der Waals surface area (Å²) in [5.41, 5.74) is 2.14. The van der Waals surface area contributed by atoms with E-state index in [1.165, 1.54) is 17.4 Å². The lowest BCUT2D eigenvalue weighted by atomic mass is 10.2. The van der Waals surface area contributed by atoms with Crippen LogP contribution < -0.4 is 5.32 Å². The highest BCUT2D eigenvalue weighted by Gasteiger charge is 2.11. The fourth-order valence-electron chi connectivity index (χ4n) is 1.87. The summed E-state index contributed by atoms with van der Waals surface area (Å²) in [6.07, 6.45) is 0. The molecule has 0 unspecified atom stereocenters. The first-order valence-corrected chi connectivity index (χ1v) is 7.43. The molecule has 102 valence electrons. The average molecular weight is 355 g/mol. The molecule has 0 aliphatic carbocycles. The van der Waals surface area contributed by atoms with Crippen molar-refractivity contribution < 1.29 is 8.78 Å². The quantitative estimate of drug-likeness (QED) is 0.624. The zero-order valence-corrected chi connectivity index (χ0v) is 12.8. The van der Waals surface area contributed by atoms with Gasteiger partial charge in [-0.1, -0.05) is 23.5 Å². The van der Waals surface area contributed by atoms with Gasteiger partial charge in [0.15, 0.2) is 5.13 Å². The van der Waals surface area contributed by atoms with E-state index in [1.807, 2.05) is 25.1 Å². The molecule has 3 rings (SSSR count). The molecule has 3 aromatic rings. The van der Waals surface area contributed by atoms with Gasteiger partial charge < -0.3 is 5.32 Å². The maximum Gasteiger partial charge on any atom is 0.188 e. The number of benzene rings is 2. The minimum Gasteiger partial charge on any atom is -0.329 e. The summed E-state index contributed by atoms with van der Waals surface area (Å²) in [7, 11) is 0. The van der Waals surface area contributed by atoms with E-state index in [-0.39, 0.29) is 10.2 Å². The van der Waals surface area contributed by atoms with Gasteiger partial charge in [0, 0.05) is 6.07 Å². The maximum absolute atomic E-state index is 13.7. The summed E-state index contributed by atoms with van der Waals surface area (Å²) >= 11 is 4.47. The number of hydrogen-bond acceptors (Lipinski definition) is 3. The molecule has 0 spiro atoms. The highest BCUT2D eigenvalue weighted by Crippen LogP contribution is 2.32. The Kier molecular flexibility index (Phi) is 3.43. The fraction of sp³-hybridized carbons (Fsp3) is 0.0714. The van der Waals surface area contributed by atoms with E-state index in [0.717, 1.165) is 21.8 Å². The van der Waals surface area contributed by atoms with Gasteiger partial charge in [0.1, 0.15) is 11.6 Å². The van der Waals surface area contributed by atoms with Gasteiger partial charge in [0.05, 0.1) is 20.4 Å². The second-order valence-corrected chi connectivity index (χ2v) is 6.20. The van der Waals surface area contributed by atoms with E-state index < -0.39 is 11.6 Å². The number of aromatic nitrogens is 1. The molecule has 1 N–H and O–H groups in total. The van der Waals surface area contributed by atoms with Gasteiger partial charge >= 0.3 is 0 Å². The number of rotatable bonds is 2. The third kappa shape index (κ3) is 2.41. The van der Waals surface area contributed by atoms with Crippen LogP contribution in [0.5, 0.6) is 0 Å². The first kappa shape index (κ1) is 13.5. The fourth-order valence-corrected chi connectivity index (χ4v) is 3.17. The van der Waals surface area contributed by atoms with Crippen molar-refractivity contribution in [2.24, 2.45) is 0 Å². The van der Waals surface area contributed by atoms with Crippen LogP contribution in [0.25, 0.3) is 10.2 Å². The van der Waals surface area contributed by atoms with E-state index >= 15 is 0 Å². The summed E-state index contributed by atoms with van der Waals surface area (Å²) < 4.78 is 28.1. The Balaban J connectivity index is 2.01. The lowest BCUT2D eigenvalue weighted by Gasteiger charge is -2.05. The van der Waals surface area contributed by atoms with Crippen LogP contribution in [-0.4, -0.2) is 4.98 Å². The predicted octanol–water partition coefficient (Wildman–Crippen LogP) is 5.39. The van der Waals surface area contributed by atoms with Crippen molar-refractivity contribution in [3.8, 4) is 0 Å². The number of halogens is 3. The molecule has 1 aromatic heterocycles. The number of anilines is 2. The smallest absolute Gasteiger partial charge is 0.188 e. The molecular weight excluding hydrogens is 346 g/mol. The molecule has 0 aliphatic rings. The molecule has 0 amide bonds. The highest BCUT2D eigenvalue weighted by molar-refractivity contribution is 9.10. The standard InChI is InChI=1S/C14H9BrF2N2S/c1-7-3-2-4-12-13(7)19-14(20-12)18-11-5-8(15)9(16)6-10(11)17/h2-6H,1H3,(H,18,19). The Morgan fingerprint density at radius 2 is 2.00 bits per heavy atom. The number of thiazole rings is 1. The first-order valence-electron chi connectivity index (χ1n) is 5.82. The molecule has 0 saturated heterocycles. The van der Waals surface area contributed by atoms with Gasteiger partial charge in [0.25, 0.3) is 0 Å². The minimum atomic E-state index is -0.651. The molecule has 0 atom stereocenters. The molecule has 0 radical (unpaired) electrons. The van der Waals surface area contributed by atoms with E-state index in [2.05, 4.69) is 26.2 Å². The van der Waals surface area contributed by atoms with Crippen LogP contribution >= 0.6 is 27.3 Å². The van der Waals surface area contributed by atoms with Crippen LogP contribution in [0.15, 0.2) is 34.8 Å². The molecule has 1 heterocycles. The summed E-state index contributed by atoms with van der Waals surface area (Å²) in [6.45, 7) is 1.97. The number of nitrogens with one attached hydrogen (secondary N) is 1. The summed E-state index contributed by atoms with van der Waals surface area (Å²) in [6, 6.07) is 8.09. The van der Waals surface area contributed by atoms with Gasteiger partial charge in [-0.25, -0.2) is 13.8 Å². The van der Waals surface area contributed by atoms with Crippen LogP contribution in [0.1, 0.15) is 5.56 Å². The number of aryl methyl sites for hydroxylation is 1. The van der Waals surface area contributed by atoms with Crippen LogP contribution in [-0.2, 0) is 0 Å². The number of para-hydroxylation sites is 1. The predicted molar refractivity (Wildman–Crippen MR) is 81.7 cm³/mol. The highest BCUT2D eigenvalue weighted by atomic mass is 79.9. The van der Waals surface area contributed by atoms with Crippen molar-refractivity contribution in [1.82, 2.24) is 4.98 Å². The first-order chi connectivity index (χ1) is 9.54. The van der Waals surface area contributed by atoms with E-state index in [9.17, 15) is 8.78 Å². The Morgan fingerprint density at radius 1 is 1.20 bits per heavy atom. The molecule has 6 heteroatoms. The van der Waals surface area contributed by atoms with Gasteiger partial charge in [-0.3, -0.25) is 0 Å². The van der Waals surface area contributed by atoms with Gasteiger partial charge in [-0.2, -0.15) is 0 Å². The minimum absolute atomic E-state index is 0.190. The van der Waals surface area contributed by atoms with Gasteiger partial charge in [-0.15, -0.1) is 0 Å². The monoisotopic (exact) mass is 354 g/mol. The third-order valence-corrected chi connectivity index (χ3v) is 4.42. The largest absolute Gasteiger partial charge is 0.329 e. The summed E-state index contributed by atoms with van der Waals surface area (Å²) in [5, 5.41) is 3.47. The second-order valence-electron chi connectivity index (χ2n) is 4.31. The molecule has 0 aliphatic heterocycles. The van der Waals surface area contributed by atoms with Crippen LogP contribution in [0, 0.1) is 18.6 Å². The molecular formula is C14H9BrF2N2S. The Hall–Kier alpha value is -1.53. The van der Waals surface area contributed by atoms with Crippen molar-refractivity contribution in [3.05, 3.63) is 52.0 Å². The van der Waals surface area contributed by atoms with Crippen molar-refractivity contribution in [2.75, 3.05) is 5.32 Å². The third-order valence-electron chi connectivity index (χ3n) is 2.87. The van der Waals surface area contributed by atoms with Crippen LogP contribution in [0.4, 0.5) is 19.6 Å². The normalized spacial score (nSPS) is 11.0. The van der Waals surface area contributed by atoms with Crippen molar-refractivity contribution in [3.63, 3.8) is 0 Å². The van der Waals surface area contributed by atoms with Gasteiger partial charge in [0.2, 0.25) is 0 Å². The molecule has 2 nitrogen and oxygen atoms in total. The van der Waals surface area contributed by atoms with Crippen molar-refractivity contribution in [2.45, 2.75) is 6.92 Å². The van der Waals surface area contributed by atoms with Crippen molar-refractivity contribution >= 4 is 48.3 Å². The van der Waals surface area contributed by atoms with Gasteiger partial charge in [-0.05, 0) is 40.5 Å². The number of hydrogen-bond donors (Lipinski definition) is 1. The second kappa shape index (κ2) is 5.10. The Labute approximate surface area is 126 Å². The number of fused-ring (bicyclic) bond motifs is 1. The van der Waals surface area contributed by atoms with E-state index in [4.69, 9.17) is 0 Å². The Bertz CT molecular complexity index is 801.